The molecule has 0 saturated heterocycles. The van der Waals surface area contributed by atoms with Crippen molar-refractivity contribution in [3.05, 3.63) is 45.8 Å². The Balaban J connectivity index is 1.95. The molecule has 25 heavy (non-hydrogen) atoms. The van der Waals surface area contributed by atoms with Gasteiger partial charge in [0.25, 0.3) is 5.56 Å². The Labute approximate surface area is 151 Å². The number of nitrogens with one attached hydrogen (secondary N) is 2. The van der Waals surface area contributed by atoms with E-state index < -0.39 is 0 Å². The standard InChI is InChI=1S/C17H16FN3O2S2/c1-3-19-14(22)9(2)25-17-20-15(23)13-12(8-24-16(13)21-17)10-4-6-11(18)7-5-10/h4-9H,3H2,1-2H3,(H,19,22)(H,20,21,23)/t9-/m1/s1. The topological polar surface area (TPSA) is 74.8 Å². The molecule has 2 aromatic heterocycles. The lowest BCUT2D eigenvalue weighted by Crippen LogP contribution is -2.30. The maximum Gasteiger partial charge on any atom is 0.260 e. The fourth-order valence-electron chi connectivity index (χ4n) is 2.37. The number of carbonyl (C=O) groups excluding carboxylic acids is 1. The third-order valence-corrected chi connectivity index (χ3v) is 5.44. The van der Waals surface area contributed by atoms with E-state index in [1.165, 1.54) is 35.2 Å². The number of nitrogens with zero attached hydrogens (tertiary/aromatic N) is 1. The second-order valence-corrected chi connectivity index (χ2v) is 7.55. The number of amides is 1. The molecule has 3 rings (SSSR count). The predicted octanol–water partition coefficient (Wildman–Crippen LogP) is 3.41. The van der Waals surface area contributed by atoms with Crippen LogP contribution in [0.5, 0.6) is 0 Å². The van der Waals surface area contributed by atoms with Crippen LogP contribution in [0.25, 0.3) is 21.3 Å². The first-order valence-electron chi connectivity index (χ1n) is 7.71. The molecule has 0 fully saturated rings. The summed E-state index contributed by atoms with van der Waals surface area (Å²) in [6, 6.07) is 5.99. The largest absolute Gasteiger partial charge is 0.355 e. The van der Waals surface area contributed by atoms with Gasteiger partial charge in [0.1, 0.15) is 10.6 Å². The summed E-state index contributed by atoms with van der Waals surface area (Å²) in [5, 5.41) is 5.10. The maximum absolute atomic E-state index is 13.1. The third kappa shape index (κ3) is 3.74. The van der Waals surface area contributed by atoms with Crippen LogP contribution in [0, 0.1) is 5.82 Å². The van der Waals surface area contributed by atoms with Gasteiger partial charge in [-0.3, -0.25) is 9.59 Å². The van der Waals surface area contributed by atoms with Crippen molar-refractivity contribution >= 4 is 39.2 Å². The maximum atomic E-state index is 13.1. The number of thioether (sulfide) groups is 1. The number of aromatic amines is 1. The summed E-state index contributed by atoms with van der Waals surface area (Å²) in [5.41, 5.74) is 1.22. The monoisotopic (exact) mass is 377 g/mol. The number of H-pyrrole nitrogens is 1. The highest BCUT2D eigenvalue weighted by molar-refractivity contribution is 8.00. The van der Waals surface area contributed by atoms with Gasteiger partial charge < -0.3 is 10.3 Å². The van der Waals surface area contributed by atoms with Crippen LogP contribution in [0.4, 0.5) is 4.39 Å². The molecule has 0 aliphatic carbocycles. The number of hydrogen-bond acceptors (Lipinski definition) is 5. The van der Waals surface area contributed by atoms with Gasteiger partial charge in [-0.15, -0.1) is 11.3 Å². The number of fused-ring (bicyclic) bond motifs is 1. The van der Waals surface area contributed by atoms with Crippen LogP contribution in [0.1, 0.15) is 13.8 Å². The Morgan fingerprint density at radius 3 is 2.80 bits per heavy atom. The van der Waals surface area contributed by atoms with Gasteiger partial charge in [0.2, 0.25) is 5.91 Å². The van der Waals surface area contributed by atoms with Crippen LogP contribution in [0.2, 0.25) is 0 Å². The van der Waals surface area contributed by atoms with Crippen molar-refractivity contribution in [2.24, 2.45) is 0 Å². The summed E-state index contributed by atoms with van der Waals surface area (Å²) in [5.74, 6) is -0.429. The molecule has 0 bridgehead atoms. The van der Waals surface area contributed by atoms with E-state index >= 15 is 0 Å². The Kier molecular flexibility index (Phi) is 5.19. The highest BCUT2D eigenvalue weighted by Crippen LogP contribution is 2.32. The van der Waals surface area contributed by atoms with Gasteiger partial charge in [0.15, 0.2) is 5.16 Å². The molecular weight excluding hydrogens is 361 g/mol. The van der Waals surface area contributed by atoms with E-state index in [1.54, 1.807) is 19.1 Å². The second-order valence-electron chi connectivity index (χ2n) is 5.36. The van der Waals surface area contributed by atoms with Gasteiger partial charge in [-0.05, 0) is 31.5 Å². The highest BCUT2D eigenvalue weighted by Gasteiger charge is 2.17. The van der Waals surface area contributed by atoms with Crippen molar-refractivity contribution in [2.45, 2.75) is 24.3 Å². The van der Waals surface area contributed by atoms with Crippen LogP contribution in [-0.2, 0) is 4.79 Å². The minimum atomic E-state index is -0.364. The molecule has 0 radical (unpaired) electrons. The average Bonchev–Trinajstić information content (AvgIpc) is 3.00. The number of rotatable bonds is 5. The van der Waals surface area contributed by atoms with Crippen LogP contribution in [0.3, 0.4) is 0 Å². The second kappa shape index (κ2) is 7.37. The predicted molar refractivity (Wildman–Crippen MR) is 99.6 cm³/mol. The molecule has 1 aromatic carbocycles. The van der Waals surface area contributed by atoms with Crippen molar-refractivity contribution in [3.63, 3.8) is 0 Å². The van der Waals surface area contributed by atoms with Gasteiger partial charge >= 0.3 is 0 Å². The summed E-state index contributed by atoms with van der Waals surface area (Å²) < 4.78 is 13.1. The Morgan fingerprint density at radius 1 is 1.40 bits per heavy atom. The van der Waals surface area contributed by atoms with Crippen molar-refractivity contribution in [2.75, 3.05) is 6.54 Å². The molecule has 0 spiro atoms. The Bertz CT molecular complexity index is 966. The number of thiophene rings is 1. The number of halogens is 1. The van der Waals surface area contributed by atoms with Crippen LogP contribution in [-0.4, -0.2) is 27.7 Å². The number of aromatic nitrogens is 2. The van der Waals surface area contributed by atoms with Gasteiger partial charge in [0, 0.05) is 17.5 Å². The first-order valence-corrected chi connectivity index (χ1v) is 9.47. The van der Waals surface area contributed by atoms with E-state index in [0.717, 1.165) is 11.1 Å². The molecule has 0 unspecified atom stereocenters. The van der Waals surface area contributed by atoms with Gasteiger partial charge in [0.05, 0.1) is 10.6 Å². The van der Waals surface area contributed by atoms with Gasteiger partial charge in [-0.25, -0.2) is 9.37 Å². The van der Waals surface area contributed by atoms with Gasteiger partial charge in [-0.2, -0.15) is 0 Å². The molecule has 0 saturated carbocycles. The Hall–Kier alpha value is -2.19. The van der Waals surface area contributed by atoms with Gasteiger partial charge in [-0.1, -0.05) is 23.9 Å². The number of benzene rings is 1. The number of carbonyl (C=O) groups is 1. The molecule has 0 aliphatic heterocycles. The summed E-state index contributed by atoms with van der Waals surface area (Å²) in [6.45, 7) is 4.17. The minimum absolute atomic E-state index is 0.103. The molecule has 2 N–H and O–H groups in total. The molecule has 1 atom stereocenters. The zero-order valence-electron chi connectivity index (χ0n) is 13.6. The fourth-order valence-corrected chi connectivity index (χ4v) is 4.19. The smallest absolute Gasteiger partial charge is 0.260 e. The van der Waals surface area contributed by atoms with E-state index in [9.17, 15) is 14.0 Å². The summed E-state index contributed by atoms with van der Waals surface area (Å²) in [6.07, 6.45) is 0. The quantitative estimate of drug-likeness (QED) is 0.528. The number of hydrogen-bond donors (Lipinski definition) is 2. The van der Waals surface area contributed by atoms with E-state index in [1.807, 2.05) is 12.3 Å². The molecule has 1 amide bonds. The zero-order valence-corrected chi connectivity index (χ0v) is 15.3. The third-order valence-electron chi connectivity index (χ3n) is 3.59. The highest BCUT2D eigenvalue weighted by atomic mass is 32.2. The van der Waals surface area contributed by atoms with Crippen molar-refractivity contribution in [1.82, 2.24) is 15.3 Å². The van der Waals surface area contributed by atoms with Crippen LogP contribution in [0.15, 0.2) is 39.6 Å². The summed E-state index contributed by atoms with van der Waals surface area (Å²) >= 11 is 2.55. The summed E-state index contributed by atoms with van der Waals surface area (Å²) in [4.78, 5) is 32.1. The lowest BCUT2D eigenvalue weighted by molar-refractivity contribution is -0.120. The molecule has 2 heterocycles. The first-order chi connectivity index (χ1) is 12.0. The normalized spacial score (nSPS) is 12.3. The lowest BCUT2D eigenvalue weighted by atomic mass is 10.1. The molecule has 130 valence electrons. The molecular formula is C17H16FN3O2S2. The van der Waals surface area contributed by atoms with Crippen molar-refractivity contribution in [3.8, 4) is 11.1 Å². The first kappa shape index (κ1) is 17.6. The van der Waals surface area contributed by atoms with E-state index in [4.69, 9.17) is 0 Å². The SMILES string of the molecule is CCNC(=O)[C@@H](C)Sc1nc2scc(-c3ccc(F)cc3)c2c(=O)[nH]1. The molecule has 5 nitrogen and oxygen atoms in total. The minimum Gasteiger partial charge on any atom is -0.355 e. The zero-order chi connectivity index (χ0) is 18.0. The van der Waals surface area contributed by atoms with E-state index in [2.05, 4.69) is 15.3 Å². The fraction of sp³-hybridized carbons (Fsp3) is 0.235. The molecule has 8 heteroatoms. The lowest BCUT2D eigenvalue weighted by Gasteiger charge is -2.09. The van der Waals surface area contributed by atoms with Crippen LogP contribution < -0.4 is 10.9 Å². The van der Waals surface area contributed by atoms with Crippen molar-refractivity contribution in [1.29, 1.82) is 0 Å². The summed E-state index contributed by atoms with van der Waals surface area (Å²) in [7, 11) is 0. The molecule has 3 aromatic rings. The van der Waals surface area contributed by atoms with E-state index in [0.29, 0.717) is 21.9 Å². The average molecular weight is 377 g/mol. The Morgan fingerprint density at radius 2 is 2.12 bits per heavy atom. The van der Waals surface area contributed by atoms with E-state index in [-0.39, 0.29) is 22.5 Å². The molecule has 0 aliphatic rings. The van der Waals surface area contributed by atoms with Crippen LogP contribution >= 0.6 is 23.1 Å². The van der Waals surface area contributed by atoms with Crippen molar-refractivity contribution < 1.29 is 9.18 Å².